The summed E-state index contributed by atoms with van der Waals surface area (Å²) < 4.78 is 14.1. The summed E-state index contributed by atoms with van der Waals surface area (Å²) in [5, 5.41) is 0.677. The molecule has 1 unspecified atom stereocenters. The second-order valence-corrected chi connectivity index (χ2v) is 10.8. The maximum absolute atomic E-state index is 13.0. The summed E-state index contributed by atoms with van der Waals surface area (Å²) in [6.07, 6.45) is 0.0767. The fraction of sp³-hybridized carbons (Fsp3) is 0.393. The third kappa shape index (κ3) is 4.60. The van der Waals surface area contributed by atoms with Gasteiger partial charge in [0.25, 0.3) is 0 Å². The molecule has 174 valence electrons. The first-order valence-corrected chi connectivity index (χ1v) is 11.7. The molecule has 0 bridgehead atoms. The van der Waals surface area contributed by atoms with E-state index in [1.807, 2.05) is 63.2 Å². The van der Waals surface area contributed by atoms with Gasteiger partial charge in [-0.3, -0.25) is 4.79 Å². The average molecular weight is 466 g/mol. The van der Waals surface area contributed by atoms with E-state index in [1.54, 1.807) is 7.11 Å². The van der Waals surface area contributed by atoms with Crippen LogP contribution in [-0.2, 0) is 27.2 Å². The minimum atomic E-state index is -0.547. The van der Waals surface area contributed by atoms with Gasteiger partial charge in [0.15, 0.2) is 0 Å². The predicted molar refractivity (Wildman–Crippen MR) is 133 cm³/mol. The molecule has 3 aromatic rings. The van der Waals surface area contributed by atoms with E-state index >= 15 is 0 Å². The van der Waals surface area contributed by atoms with Crippen molar-refractivity contribution in [3.05, 3.63) is 71.0 Å². The van der Waals surface area contributed by atoms with E-state index < -0.39 is 5.60 Å². The maximum Gasteiger partial charge on any atom is 0.312 e. The second kappa shape index (κ2) is 8.66. The Labute approximate surface area is 201 Å². The summed E-state index contributed by atoms with van der Waals surface area (Å²) in [5.74, 6) is -0.240. The fourth-order valence-electron chi connectivity index (χ4n) is 4.95. The van der Waals surface area contributed by atoms with Crippen LogP contribution in [0.25, 0.3) is 22.3 Å². The number of esters is 1. The highest BCUT2D eigenvalue weighted by molar-refractivity contribution is 6.30. The first kappa shape index (κ1) is 23.6. The number of hydrogen-bond acceptors (Lipinski definition) is 3. The third-order valence-corrected chi connectivity index (χ3v) is 6.35. The van der Waals surface area contributed by atoms with Crippen molar-refractivity contribution in [1.82, 2.24) is 4.57 Å². The molecule has 33 heavy (non-hydrogen) atoms. The lowest BCUT2D eigenvalue weighted by Gasteiger charge is -2.26. The Morgan fingerprint density at radius 1 is 1.03 bits per heavy atom. The van der Waals surface area contributed by atoms with Gasteiger partial charge in [-0.25, -0.2) is 0 Å². The first-order valence-electron chi connectivity index (χ1n) is 11.3. The molecule has 0 saturated carbocycles. The summed E-state index contributed by atoms with van der Waals surface area (Å²) in [6, 6.07) is 18.2. The van der Waals surface area contributed by atoms with Gasteiger partial charge in [-0.15, -0.1) is 0 Å². The summed E-state index contributed by atoms with van der Waals surface area (Å²) in [6.45, 7) is 10.9. The number of rotatable bonds is 5. The summed E-state index contributed by atoms with van der Waals surface area (Å²) in [4.78, 5) is 13.0. The molecule has 0 fully saturated rings. The first-order chi connectivity index (χ1) is 15.5. The molecule has 4 rings (SSSR count). The van der Waals surface area contributed by atoms with Gasteiger partial charge in [0.05, 0.1) is 12.1 Å². The topological polar surface area (TPSA) is 40.5 Å². The average Bonchev–Trinajstić information content (AvgIpc) is 3.16. The molecular formula is C28H32ClNO3. The molecule has 5 heteroatoms. The van der Waals surface area contributed by atoms with Crippen molar-refractivity contribution >= 4 is 17.6 Å². The Hall–Kier alpha value is -2.56. The Bertz CT molecular complexity index is 1150. The van der Waals surface area contributed by atoms with Gasteiger partial charge < -0.3 is 14.0 Å². The lowest BCUT2D eigenvalue weighted by molar-refractivity contribution is -0.154. The van der Waals surface area contributed by atoms with Crippen molar-refractivity contribution in [2.75, 3.05) is 7.11 Å². The van der Waals surface area contributed by atoms with Gasteiger partial charge in [-0.1, -0.05) is 67.9 Å². The van der Waals surface area contributed by atoms with Crippen LogP contribution in [0.1, 0.15) is 52.1 Å². The SMILES string of the molecule is COC1c2c(-c3ccccc3)c(-c3ccc(Cl)cc3)c(CC(=O)OC(C)(C)C)n2CC1(C)C. The van der Waals surface area contributed by atoms with Crippen molar-refractivity contribution < 1.29 is 14.3 Å². The molecule has 0 radical (unpaired) electrons. The van der Waals surface area contributed by atoms with E-state index in [9.17, 15) is 4.79 Å². The van der Waals surface area contributed by atoms with Crippen molar-refractivity contribution in [2.24, 2.45) is 5.41 Å². The number of nitrogens with zero attached hydrogens (tertiary/aromatic N) is 1. The van der Waals surface area contributed by atoms with Crippen LogP contribution in [0.15, 0.2) is 54.6 Å². The maximum atomic E-state index is 13.0. The molecule has 0 amide bonds. The number of carbonyl (C=O) groups excluding carboxylic acids is 1. The van der Waals surface area contributed by atoms with Crippen LogP contribution in [0.5, 0.6) is 0 Å². The molecule has 1 aliphatic rings. The normalized spacial score (nSPS) is 17.1. The van der Waals surface area contributed by atoms with Crippen LogP contribution in [0.3, 0.4) is 0 Å². The van der Waals surface area contributed by atoms with Crippen LogP contribution in [0.4, 0.5) is 0 Å². The van der Waals surface area contributed by atoms with Crippen LogP contribution in [0.2, 0.25) is 5.02 Å². The molecule has 1 aliphatic heterocycles. The Morgan fingerprint density at radius 2 is 1.64 bits per heavy atom. The number of carbonyl (C=O) groups is 1. The van der Waals surface area contributed by atoms with Gasteiger partial charge in [0, 0.05) is 40.9 Å². The van der Waals surface area contributed by atoms with Gasteiger partial charge in [-0.05, 0) is 44.0 Å². The monoisotopic (exact) mass is 465 g/mol. The van der Waals surface area contributed by atoms with Gasteiger partial charge in [-0.2, -0.15) is 0 Å². The highest BCUT2D eigenvalue weighted by atomic mass is 35.5. The number of halogens is 1. The van der Waals surface area contributed by atoms with Gasteiger partial charge in [0.2, 0.25) is 0 Å². The van der Waals surface area contributed by atoms with Crippen LogP contribution in [-0.4, -0.2) is 23.2 Å². The van der Waals surface area contributed by atoms with Crippen molar-refractivity contribution in [2.45, 2.75) is 59.3 Å². The largest absolute Gasteiger partial charge is 0.460 e. The molecule has 1 atom stereocenters. The minimum absolute atomic E-state index is 0.105. The van der Waals surface area contributed by atoms with Gasteiger partial charge >= 0.3 is 5.97 Å². The zero-order valence-electron chi connectivity index (χ0n) is 20.2. The number of benzene rings is 2. The predicted octanol–water partition coefficient (Wildman–Crippen LogP) is 7.09. The molecule has 4 nitrogen and oxygen atoms in total. The highest BCUT2D eigenvalue weighted by Gasteiger charge is 2.45. The molecule has 0 aliphatic carbocycles. The molecule has 2 heterocycles. The number of methoxy groups -OCH3 is 1. The second-order valence-electron chi connectivity index (χ2n) is 10.4. The fourth-order valence-corrected chi connectivity index (χ4v) is 5.08. The summed E-state index contributed by atoms with van der Waals surface area (Å²) in [7, 11) is 1.76. The molecule has 1 aromatic heterocycles. The Balaban J connectivity index is 2.00. The molecule has 0 N–H and O–H groups in total. The van der Waals surface area contributed by atoms with Crippen LogP contribution in [0, 0.1) is 5.41 Å². The summed E-state index contributed by atoms with van der Waals surface area (Å²) >= 11 is 6.21. The van der Waals surface area contributed by atoms with E-state index in [2.05, 4.69) is 30.5 Å². The number of ether oxygens (including phenoxy) is 2. The van der Waals surface area contributed by atoms with E-state index in [4.69, 9.17) is 21.1 Å². The highest BCUT2D eigenvalue weighted by Crippen LogP contribution is 2.53. The lowest BCUT2D eigenvalue weighted by Crippen LogP contribution is -2.26. The third-order valence-electron chi connectivity index (χ3n) is 6.10. The van der Waals surface area contributed by atoms with Crippen molar-refractivity contribution in [1.29, 1.82) is 0 Å². The zero-order valence-corrected chi connectivity index (χ0v) is 21.0. The molecule has 2 aromatic carbocycles. The Morgan fingerprint density at radius 3 is 2.21 bits per heavy atom. The zero-order chi connectivity index (χ0) is 24.0. The van der Waals surface area contributed by atoms with E-state index in [1.165, 1.54) is 0 Å². The number of fused-ring (bicyclic) bond motifs is 1. The van der Waals surface area contributed by atoms with Crippen LogP contribution >= 0.6 is 11.6 Å². The van der Waals surface area contributed by atoms with E-state index in [0.717, 1.165) is 40.2 Å². The van der Waals surface area contributed by atoms with Crippen molar-refractivity contribution in [3.63, 3.8) is 0 Å². The minimum Gasteiger partial charge on any atom is -0.460 e. The molecule has 0 spiro atoms. The summed E-state index contributed by atoms with van der Waals surface area (Å²) in [5.41, 5.74) is 5.66. The van der Waals surface area contributed by atoms with Gasteiger partial charge in [0.1, 0.15) is 11.7 Å². The number of hydrogen-bond donors (Lipinski definition) is 0. The number of aromatic nitrogens is 1. The molecule has 0 saturated heterocycles. The molecular weight excluding hydrogens is 434 g/mol. The van der Waals surface area contributed by atoms with Crippen molar-refractivity contribution in [3.8, 4) is 22.3 Å². The van der Waals surface area contributed by atoms with E-state index in [-0.39, 0.29) is 23.9 Å². The Kier molecular flexibility index (Phi) is 6.19. The lowest BCUT2D eigenvalue weighted by atomic mass is 9.84. The van der Waals surface area contributed by atoms with Crippen LogP contribution < -0.4 is 0 Å². The van der Waals surface area contributed by atoms with E-state index in [0.29, 0.717) is 5.02 Å². The quantitative estimate of drug-likeness (QED) is 0.378. The standard InChI is InChI=1S/C28H32ClNO3/c1-27(2,3)33-22(31)16-21-23(19-12-14-20(29)15-13-19)24(18-10-8-7-9-11-18)25-26(32-6)28(4,5)17-30(21)25/h7-15,26H,16-17H2,1-6H3. The smallest absolute Gasteiger partial charge is 0.312 e.